The number of fused-ring (bicyclic) bond motifs is 1. The molecule has 0 aliphatic carbocycles. The quantitative estimate of drug-likeness (QED) is 0.863. The Kier molecular flexibility index (Phi) is 4.05. The first kappa shape index (κ1) is 14.3. The van der Waals surface area contributed by atoms with Crippen molar-refractivity contribution in [2.75, 3.05) is 26.3 Å². The number of benzene rings is 1. The molecule has 0 amide bonds. The molecule has 1 aliphatic rings. The Morgan fingerprint density at radius 1 is 1.38 bits per heavy atom. The zero-order chi connectivity index (χ0) is 14.8. The summed E-state index contributed by atoms with van der Waals surface area (Å²) in [6.45, 7) is 4.72. The highest BCUT2D eigenvalue weighted by atomic mass is 16.5. The van der Waals surface area contributed by atoms with Gasteiger partial charge in [-0.1, -0.05) is 12.1 Å². The fraction of sp³-hybridized carbons (Fsp3) is 0.438. The third-order valence-electron chi connectivity index (χ3n) is 3.81. The van der Waals surface area contributed by atoms with Crippen LogP contribution in [-0.2, 0) is 11.3 Å². The molecule has 1 unspecified atom stereocenters. The molecule has 21 heavy (non-hydrogen) atoms. The number of aliphatic hydroxyl groups is 1. The van der Waals surface area contributed by atoms with Crippen molar-refractivity contribution >= 4 is 11.0 Å². The van der Waals surface area contributed by atoms with Gasteiger partial charge in [-0.3, -0.25) is 4.90 Å². The van der Waals surface area contributed by atoms with Gasteiger partial charge in [-0.05, 0) is 24.1 Å². The van der Waals surface area contributed by atoms with E-state index in [9.17, 15) is 9.90 Å². The normalized spacial score (nSPS) is 20.0. The van der Waals surface area contributed by atoms with Crippen LogP contribution in [-0.4, -0.2) is 42.4 Å². The van der Waals surface area contributed by atoms with Gasteiger partial charge in [-0.2, -0.15) is 0 Å². The van der Waals surface area contributed by atoms with E-state index in [0.717, 1.165) is 23.1 Å². The first-order valence-electron chi connectivity index (χ1n) is 7.14. The van der Waals surface area contributed by atoms with E-state index in [1.165, 1.54) is 0 Å². The highest BCUT2D eigenvalue weighted by Gasteiger charge is 2.20. The minimum absolute atomic E-state index is 0.0212. The summed E-state index contributed by atoms with van der Waals surface area (Å²) in [5.74, 6) is 0. The summed E-state index contributed by atoms with van der Waals surface area (Å²) in [6.07, 6.45) is -0.146. The van der Waals surface area contributed by atoms with Gasteiger partial charge in [0.05, 0.1) is 19.3 Å². The van der Waals surface area contributed by atoms with Gasteiger partial charge in [-0.15, -0.1) is 0 Å². The molecule has 1 aliphatic heterocycles. The lowest BCUT2D eigenvalue weighted by Crippen LogP contribution is -2.43. The topological polar surface area (TPSA) is 62.9 Å². The fourth-order valence-electron chi connectivity index (χ4n) is 2.74. The average molecular weight is 289 g/mol. The number of ether oxygens (including phenoxy) is 1. The second-order valence-electron chi connectivity index (χ2n) is 5.50. The van der Waals surface area contributed by atoms with Crippen LogP contribution in [0.3, 0.4) is 0 Å². The van der Waals surface area contributed by atoms with Crippen LogP contribution in [0.1, 0.15) is 11.1 Å². The van der Waals surface area contributed by atoms with E-state index in [-0.39, 0.29) is 18.3 Å². The third kappa shape index (κ3) is 3.15. The monoisotopic (exact) mass is 289 g/mol. The Morgan fingerprint density at radius 3 is 3.05 bits per heavy atom. The lowest BCUT2D eigenvalue weighted by molar-refractivity contribution is -0.0550. The van der Waals surface area contributed by atoms with Gasteiger partial charge in [0.25, 0.3) is 0 Å². The molecule has 1 aromatic heterocycles. The summed E-state index contributed by atoms with van der Waals surface area (Å²) in [5, 5.41) is 10.2. The maximum atomic E-state index is 11.7. The number of aliphatic hydroxyl groups excluding tert-OH is 1. The Morgan fingerprint density at radius 2 is 2.24 bits per heavy atom. The van der Waals surface area contributed by atoms with Crippen molar-refractivity contribution in [2.24, 2.45) is 0 Å². The molecule has 1 N–H and O–H groups in total. The van der Waals surface area contributed by atoms with Crippen LogP contribution < -0.4 is 5.63 Å². The predicted molar refractivity (Wildman–Crippen MR) is 79.3 cm³/mol. The highest BCUT2D eigenvalue weighted by Crippen LogP contribution is 2.20. The zero-order valence-corrected chi connectivity index (χ0v) is 12.0. The van der Waals surface area contributed by atoms with Crippen LogP contribution in [0.4, 0.5) is 0 Å². The number of rotatable bonds is 3. The molecule has 3 rings (SSSR count). The number of nitrogens with zero attached hydrogens (tertiary/aromatic N) is 1. The Labute approximate surface area is 122 Å². The Hall–Kier alpha value is -1.69. The Bertz CT molecular complexity index is 694. The lowest BCUT2D eigenvalue weighted by atomic mass is 10.1. The molecule has 112 valence electrons. The molecular formula is C16H19NO4. The van der Waals surface area contributed by atoms with Gasteiger partial charge in [0.2, 0.25) is 0 Å². The molecule has 2 heterocycles. The average Bonchev–Trinajstić information content (AvgIpc) is 2.46. The van der Waals surface area contributed by atoms with E-state index in [4.69, 9.17) is 9.15 Å². The summed E-state index contributed by atoms with van der Waals surface area (Å²) >= 11 is 0. The molecular weight excluding hydrogens is 270 g/mol. The van der Waals surface area contributed by atoms with Crippen LogP contribution in [0.2, 0.25) is 0 Å². The van der Waals surface area contributed by atoms with Crippen molar-refractivity contribution in [3.8, 4) is 0 Å². The summed E-state index contributed by atoms with van der Waals surface area (Å²) in [7, 11) is 0. The zero-order valence-electron chi connectivity index (χ0n) is 12.0. The van der Waals surface area contributed by atoms with Crippen molar-refractivity contribution in [3.05, 3.63) is 45.8 Å². The first-order chi connectivity index (χ1) is 10.2. The summed E-state index contributed by atoms with van der Waals surface area (Å²) in [4.78, 5) is 13.9. The SMILES string of the molecule is Cc1ccc2c(CN3CCOC(CO)C3)cc(=O)oc2c1. The van der Waals surface area contributed by atoms with Gasteiger partial charge >= 0.3 is 5.63 Å². The van der Waals surface area contributed by atoms with Gasteiger partial charge in [0.15, 0.2) is 0 Å². The van der Waals surface area contributed by atoms with Crippen LogP contribution in [0.15, 0.2) is 33.5 Å². The van der Waals surface area contributed by atoms with Crippen molar-refractivity contribution in [1.82, 2.24) is 4.90 Å². The third-order valence-corrected chi connectivity index (χ3v) is 3.81. The number of hydrogen-bond donors (Lipinski definition) is 1. The maximum absolute atomic E-state index is 11.7. The highest BCUT2D eigenvalue weighted by molar-refractivity contribution is 5.80. The largest absolute Gasteiger partial charge is 0.423 e. The second-order valence-corrected chi connectivity index (χ2v) is 5.50. The van der Waals surface area contributed by atoms with Crippen LogP contribution >= 0.6 is 0 Å². The van der Waals surface area contributed by atoms with E-state index in [1.807, 2.05) is 25.1 Å². The van der Waals surface area contributed by atoms with E-state index in [1.54, 1.807) is 6.07 Å². The molecule has 1 saturated heterocycles. The molecule has 0 saturated carbocycles. The van der Waals surface area contributed by atoms with Gasteiger partial charge in [-0.25, -0.2) is 4.79 Å². The van der Waals surface area contributed by atoms with E-state index < -0.39 is 0 Å². The minimum atomic E-state index is -0.324. The lowest BCUT2D eigenvalue weighted by Gasteiger charge is -2.32. The maximum Gasteiger partial charge on any atom is 0.336 e. The summed E-state index contributed by atoms with van der Waals surface area (Å²) in [6, 6.07) is 7.45. The number of hydrogen-bond acceptors (Lipinski definition) is 5. The van der Waals surface area contributed by atoms with E-state index >= 15 is 0 Å². The smallest absolute Gasteiger partial charge is 0.336 e. The van der Waals surface area contributed by atoms with Crippen molar-refractivity contribution in [3.63, 3.8) is 0 Å². The van der Waals surface area contributed by atoms with Gasteiger partial charge in [0, 0.05) is 31.1 Å². The van der Waals surface area contributed by atoms with Gasteiger partial charge in [0.1, 0.15) is 5.58 Å². The predicted octanol–water partition coefficient (Wildman–Crippen LogP) is 1.29. The molecule has 0 bridgehead atoms. The minimum Gasteiger partial charge on any atom is -0.423 e. The fourth-order valence-corrected chi connectivity index (χ4v) is 2.74. The molecule has 1 aromatic carbocycles. The molecule has 1 fully saturated rings. The van der Waals surface area contributed by atoms with Crippen molar-refractivity contribution in [2.45, 2.75) is 19.6 Å². The standard InChI is InChI=1S/C16H19NO4/c1-11-2-3-14-12(7-16(19)21-15(14)6-11)8-17-4-5-20-13(9-17)10-18/h2-3,6-7,13,18H,4-5,8-10H2,1H3. The molecule has 1 atom stereocenters. The van der Waals surface area contributed by atoms with E-state index in [0.29, 0.717) is 25.3 Å². The van der Waals surface area contributed by atoms with Gasteiger partial charge < -0.3 is 14.3 Å². The van der Waals surface area contributed by atoms with Crippen LogP contribution in [0.5, 0.6) is 0 Å². The van der Waals surface area contributed by atoms with Crippen molar-refractivity contribution < 1.29 is 14.3 Å². The first-order valence-corrected chi connectivity index (χ1v) is 7.14. The Balaban J connectivity index is 1.91. The van der Waals surface area contributed by atoms with Crippen LogP contribution in [0.25, 0.3) is 11.0 Å². The molecule has 5 heteroatoms. The number of aryl methyl sites for hydroxylation is 1. The molecule has 0 radical (unpaired) electrons. The van der Waals surface area contributed by atoms with E-state index in [2.05, 4.69) is 4.90 Å². The molecule has 2 aromatic rings. The van der Waals surface area contributed by atoms with Crippen LogP contribution in [0, 0.1) is 6.92 Å². The second kappa shape index (κ2) is 5.97. The molecule has 5 nitrogen and oxygen atoms in total. The molecule has 0 spiro atoms. The summed E-state index contributed by atoms with van der Waals surface area (Å²) in [5.41, 5.74) is 2.33. The number of morpholine rings is 1. The van der Waals surface area contributed by atoms with Crippen molar-refractivity contribution in [1.29, 1.82) is 0 Å². The summed E-state index contributed by atoms with van der Waals surface area (Å²) < 4.78 is 10.7.